The van der Waals surface area contributed by atoms with E-state index in [-0.39, 0.29) is 24.0 Å². The van der Waals surface area contributed by atoms with Gasteiger partial charge < -0.3 is 10.1 Å². The highest BCUT2D eigenvalue weighted by molar-refractivity contribution is 9.10. The van der Waals surface area contributed by atoms with E-state index in [9.17, 15) is 14.9 Å². The van der Waals surface area contributed by atoms with Crippen molar-refractivity contribution in [3.05, 3.63) is 62.1 Å². The van der Waals surface area contributed by atoms with E-state index in [1.54, 1.807) is 25.1 Å². The average Bonchev–Trinajstić information content (AvgIpc) is 2.48. The number of carbonyl (C=O) groups is 1. The number of aryl methyl sites for hydroxylation is 2. The van der Waals surface area contributed by atoms with E-state index in [4.69, 9.17) is 4.74 Å². The molecule has 0 aliphatic heterocycles. The highest BCUT2D eigenvalue weighted by Gasteiger charge is 2.18. The molecule has 0 atom stereocenters. The Morgan fingerprint density at radius 2 is 2.00 bits per heavy atom. The van der Waals surface area contributed by atoms with Crippen molar-refractivity contribution in [2.75, 3.05) is 11.9 Å². The lowest BCUT2D eigenvalue weighted by molar-refractivity contribution is -0.386. The molecule has 0 unspecified atom stereocenters. The van der Waals surface area contributed by atoms with Crippen molar-refractivity contribution >= 4 is 33.2 Å². The molecule has 0 aromatic heterocycles. The first-order valence-corrected chi connectivity index (χ1v) is 7.60. The fraction of sp³-hybridized carbons (Fsp3) is 0.188. The van der Waals surface area contributed by atoms with Crippen LogP contribution in [0.3, 0.4) is 0 Å². The molecule has 0 spiro atoms. The normalized spacial score (nSPS) is 10.2. The Labute approximate surface area is 141 Å². The third kappa shape index (κ3) is 4.29. The number of hydrogen-bond acceptors (Lipinski definition) is 4. The van der Waals surface area contributed by atoms with E-state index >= 15 is 0 Å². The summed E-state index contributed by atoms with van der Waals surface area (Å²) >= 11 is 3.38. The van der Waals surface area contributed by atoms with Gasteiger partial charge in [-0.3, -0.25) is 14.9 Å². The summed E-state index contributed by atoms with van der Waals surface area (Å²) in [5.74, 6) is -0.306. The van der Waals surface area contributed by atoms with Crippen molar-refractivity contribution in [2.45, 2.75) is 13.8 Å². The van der Waals surface area contributed by atoms with Gasteiger partial charge in [0, 0.05) is 15.7 Å². The van der Waals surface area contributed by atoms with Gasteiger partial charge in [0.1, 0.15) is 0 Å². The molecule has 2 rings (SSSR count). The molecule has 1 amide bonds. The molecule has 120 valence electrons. The van der Waals surface area contributed by atoms with Crippen molar-refractivity contribution < 1.29 is 14.5 Å². The molecule has 2 aromatic rings. The summed E-state index contributed by atoms with van der Waals surface area (Å²) in [4.78, 5) is 22.5. The molecule has 0 bridgehead atoms. The Morgan fingerprint density at radius 1 is 1.26 bits per heavy atom. The van der Waals surface area contributed by atoms with Gasteiger partial charge in [-0.1, -0.05) is 28.1 Å². The van der Waals surface area contributed by atoms with Gasteiger partial charge in [0.2, 0.25) is 0 Å². The van der Waals surface area contributed by atoms with Gasteiger partial charge in [0.05, 0.1) is 4.92 Å². The molecule has 23 heavy (non-hydrogen) atoms. The summed E-state index contributed by atoms with van der Waals surface area (Å²) < 4.78 is 6.25. The van der Waals surface area contributed by atoms with Crippen molar-refractivity contribution in [3.63, 3.8) is 0 Å². The standard InChI is InChI=1S/C16H15BrN2O4/c1-10-4-3-5-14(16(10)19(21)22)23-9-15(20)18-12-6-7-13(17)11(2)8-12/h3-8H,9H2,1-2H3,(H,18,20). The molecule has 0 heterocycles. The number of nitrogens with one attached hydrogen (secondary N) is 1. The lowest BCUT2D eigenvalue weighted by atomic mass is 10.2. The van der Waals surface area contributed by atoms with E-state index in [1.807, 2.05) is 19.1 Å². The molecule has 0 saturated heterocycles. The largest absolute Gasteiger partial charge is 0.477 e. The number of carbonyl (C=O) groups excluding carboxylic acids is 1. The Morgan fingerprint density at radius 3 is 2.65 bits per heavy atom. The van der Waals surface area contributed by atoms with Gasteiger partial charge in [0.15, 0.2) is 12.4 Å². The van der Waals surface area contributed by atoms with Crippen molar-refractivity contribution in [2.24, 2.45) is 0 Å². The van der Waals surface area contributed by atoms with Crippen molar-refractivity contribution in [1.82, 2.24) is 0 Å². The second-order valence-electron chi connectivity index (χ2n) is 4.98. The van der Waals surface area contributed by atoms with Crippen LogP contribution in [0.15, 0.2) is 40.9 Å². The van der Waals surface area contributed by atoms with Crippen LogP contribution in [0.25, 0.3) is 0 Å². The maximum atomic E-state index is 11.9. The van der Waals surface area contributed by atoms with E-state index in [2.05, 4.69) is 21.2 Å². The Balaban J connectivity index is 2.03. The summed E-state index contributed by atoms with van der Waals surface area (Å²) in [5.41, 5.74) is 1.98. The number of rotatable bonds is 5. The Hall–Kier alpha value is -2.41. The van der Waals surface area contributed by atoms with Crippen LogP contribution in [0, 0.1) is 24.0 Å². The number of benzene rings is 2. The zero-order chi connectivity index (χ0) is 17.0. The lowest BCUT2D eigenvalue weighted by Gasteiger charge is -2.09. The van der Waals surface area contributed by atoms with Crippen LogP contribution >= 0.6 is 15.9 Å². The van der Waals surface area contributed by atoms with Gasteiger partial charge in [-0.15, -0.1) is 0 Å². The number of amides is 1. The fourth-order valence-electron chi connectivity index (χ4n) is 2.05. The average molecular weight is 379 g/mol. The molecule has 1 N–H and O–H groups in total. The van der Waals surface area contributed by atoms with Crippen molar-refractivity contribution in [1.29, 1.82) is 0 Å². The van der Waals surface area contributed by atoms with E-state index in [0.717, 1.165) is 10.0 Å². The minimum absolute atomic E-state index is 0.0807. The summed E-state index contributed by atoms with van der Waals surface area (Å²) in [6.07, 6.45) is 0. The lowest BCUT2D eigenvalue weighted by Crippen LogP contribution is -2.20. The number of ether oxygens (including phenoxy) is 1. The van der Waals surface area contributed by atoms with Crippen LogP contribution in [0.1, 0.15) is 11.1 Å². The third-order valence-electron chi connectivity index (χ3n) is 3.18. The van der Waals surface area contributed by atoms with Crippen LogP contribution in [0.2, 0.25) is 0 Å². The molecule has 6 nitrogen and oxygen atoms in total. The Kier molecular flexibility index (Phi) is 5.33. The number of halogens is 1. The number of para-hydroxylation sites is 1. The van der Waals surface area contributed by atoms with Gasteiger partial charge >= 0.3 is 5.69 Å². The predicted molar refractivity (Wildman–Crippen MR) is 90.8 cm³/mol. The first-order valence-electron chi connectivity index (χ1n) is 6.81. The van der Waals surface area contributed by atoms with Gasteiger partial charge in [-0.2, -0.15) is 0 Å². The quantitative estimate of drug-likeness (QED) is 0.629. The van der Waals surface area contributed by atoms with E-state index in [1.165, 1.54) is 6.07 Å². The predicted octanol–water partition coefficient (Wildman–Crippen LogP) is 3.99. The first-order chi connectivity index (χ1) is 10.9. The highest BCUT2D eigenvalue weighted by Crippen LogP contribution is 2.30. The van der Waals surface area contributed by atoms with Gasteiger partial charge in [0.25, 0.3) is 5.91 Å². The number of nitro benzene ring substituents is 1. The topological polar surface area (TPSA) is 81.5 Å². The summed E-state index contributed by atoms with van der Waals surface area (Å²) in [5, 5.41) is 13.8. The van der Waals surface area contributed by atoms with Crippen molar-refractivity contribution in [3.8, 4) is 5.75 Å². The SMILES string of the molecule is Cc1cc(NC(=O)COc2cccc(C)c2[N+](=O)[O-])ccc1Br. The molecular formula is C16H15BrN2O4. The molecular weight excluding hydrogens is 364 g/mol. The summed E-state index contributed by atoms with van der Waals surface area (Å²) in [6, 6.07) is 10.1. The van der Waals surface area contributed by atoms with Crippen LogP contribution in [-0.4, -0.2) is 17.4 Å². The Bertz CT molecular complexity index is 762. The fourth-order valence-corrected chi connectivity index (χ4v) is 2.29. The number of nitro groups is 1. The maximum Gasteiger partial charge on any atom is 0.313 e. The smallest absolute Gasteiger partial charge is 0.313 e. The molecule has 0 fully saturated rings. The molecule has 0 saturated carbocycles. The molecule has 7 heteroatoms. The zero-order valence-corrected chi connectivity index (χ0v) is 14.2. The molecule has 2 aromatic carbocycles. The first kappa shape index (κ1) is 17.0. The van der Waals surface area contributed by atoms with Crippen LogP contribution < -0.4 is 10.1 Å². The second kappa shape index (κ2) is 7.23. The maximum absolute atomic E-state index is 11.9. The zero-order valence-electron chi connectivity index (χ0n) is 12.6. The van der Waals surface area contributed by atoms with Crippen LogP contribution in [0.4, 0.5) is 11.4 Å². The molecule has 0 aliphatic carbocycles. The minimum Gasteiger partial charge on any atom is -0.477 e. The number of anilines is 1. The van der Waals surface area contributed by atoms with Gasteiger partial charge in [-0.05, 0) is 43.7 Å². The summed E-state index contributed by atoms with van der Waals surface area (Å²) in [7, 11) is 0. The number of nitrogens with zero attached hydrogens (tertiary/aromatic N) is 1. The minimum atomic E-state index is -0.513. The second-order valence-corrected chi connectivity index (χ2v) is 5.83. The molecule has 0 radical (unpaired) electrons. The van der Waals surface area contributed by atoms with E-state index in [0.29, 0.717) is 11.3 Å². The summed E-state index contributed by atoms with van der Waals surface area (Å²) in [6.45, 7) is 3.22. The van der Waals surface area contributed by atoms with Crippen LogP contribution in [0.5, 0.6) is 5.75 Å². The molecule has 0 aliphatic rings. The number of hydrogen-bond donors (Lipinski definition) is 1. The van der Waals surface area contributed by atoms with Crippen LogP contribution in [-0.2, 0) is 4.79 Å². The monoisotopic (exact) mass is 378 g/mol. The third-order valence-corrected chi connectivity index (χ3v) is 4.07. The highest BCUT2D eigenvalue weighted by atomic mass is 79.9. The van der Waals surface area contributed by atoms with E-state index < -0.39 is 4.92 Å². The van der Waals surface area contributed by atoms with Gasteiger partial charge in [-0.25, -0.2) is 0 Å².